The lowest BCUT2D eigenvalue weighted by Crippen LogP contribution is -2.21. The van der Waals surface area contributed by atoms with E-state index in [9.17, 15) is 9.59 Å². The van der Waals surface area contributed by atoms with Gasteiger partial charge in [0, 0.05) is 5.69 Å². The summed E-state index contributed by atoms with van der Waals surface area (Å²) >= 11 is 0. The number of nitrogen functional groups attached to an aromatic ring is 1. The second-order valence-electron chi connectivity index (χ2n) is 5.32. The summed E-state index contributed by atoms with van der Waals surface area (Å²) in [6.45, 7) is 3.81. The molecule has 2 aromatic rings. The maximum absolute atomic E-state index is 12.1. The van der Waals surface area contributed by atoms with Crippen molar-refractivity contribution in [1.82, 2.24) is 0 Å². The summed E-state index contributed by atoms with van der Waals surface area (Å²) in [5, 5.41) is 2.81. The van der Waals surface area contributed by atoms with Crippen LogP contribution < -0.4 is 15.8 Å². The molecule has 25 heavy (non-hydrogen) atoms. The molecule has 0 heterocycles. The summed E-state index contributed by atoms with van der Waals surface area (Å²) in [6.07, 6.45) is 0.811. The lowest BCUT2D eigenvalue weighted by atomic mass is 10.1. The fourth-order valence-corrected chi connectivity index (χ4v) is 2.28. The summed E-state index contributed by atoms with van der Waals surface area (Å²) < 4.78 is 10.4. The first kappa shape index (κ1) is 18.3. The van der Waals surface area contributed by atoms with Crippen molar-refractivity contribution in [3.05, 3.63) is 53.6 Å². The molecule has 2 rings (SSSR count). The molecule has 0 atom stereocenters. The first-order chi connectivity index (χ1) is 12.0. The van der Waals surface area contributed by atoms with Crippen molar-refractivity contribution in [1.29, 1.82) is 0 Å². The van der Waals surface area contributed by atoms with Crippen LogP contribution in [-0.4, -0.2) is 25.1 Å². The van der Waals surface area contributed by atoms with Crippen molar-refractivity contribution in [2.24, 2.45) is 0 Å². The van der Waals surface area contributed by atoms with Crippen LogP contribution in [0.5, 0.6) is 5.75 Å². The number of carbonyl (C=O) groups is 2. The van der Waals surface area contributed by atoms with Gasteiger partial charge in [0.25, 0.3) is 5.91 Å². The quantitative estimate of drug-likeness (QED) is 0.596. The van der Waals surface area contributed by atoms with E-state index in [1.807, 2.05) is 31.2 Å². The van der Waals surface area contributed by atoms with E-state index >= 15 is 0 Å². The number of amides is 1. The summed E-state index contributed by atoms with van der Waals surface area (Å²) in [5.74, 6) is -0.500. The fraction of sp³-hybridized carbons (Fsp3) is 0.263. The standard InChI is InChI=1S/C19H22N2O4/c1-3-13-7-5-6-8-16(13)21-18(22)12-25-17-11-14(9-10-15(17)20)19(23)24-4-2/h5-11H,3-4,12,20H2,1-2H3,(H,21,22). The number of para-hydroxylation sites is 1. The molecule has 0 aliphatic heterocycles. The number of ether oxygens (including phenoxy) is 2. The Balaban J connectivity index is 2.01. The lowest BCUT2D eigenvalue weighted by Gasteiger charge is -2.12. The molecule has 0 saturated heterocycles. The number of benzene rings is 2. The molecule has 0 aliphatic carbocycles. The number of hydrogen-bond acceptors (Lipinski definition) is 5. The molecule has 3 N–H and O–H groups in total. The van der Waals surface area contributed by atoms with E-state index < -0.39 is 5.97 Å². The highest BCUT2D eigenvalue weighted by atomic mass is 16.5. The van der Waals surface area contributed by atoms with Gasteiger partial charge >= 0.3 is 5.97 Å². The second kappa shape index (κ2) is 8.73. The van der Waals surface area contributed by atoms with Crippen LogP contribution >= 0.6 is 0 Å². The van der Waals surface area contributed by atoms with Gasteiger partial charge in [0.15, 0.2) is 6.61 Å². The molecule has 0 radical (unpaired) electrons. The Hall–Kier alpha value is -3.02. The van der Waals surface area contributed by atoms with Crippen LogP contribution in [0, 0.1) is 0 Å². The number of anilines is 2. The van der Waals surface area contributed by atoms with Gasteiger partial charge < -0.3 is 20.5 Å². The average Bonchev–Trinajstić information content (AvgIpc) is 2.61. The van der Waals surface area contributed by atoms with Crippen LogP contribution in [0.25, 0.3) is 0 Å². The molecule has 1 amide bonds. The molecule has 0 unspecified atom stereocenters. The molecular weight excluding hydrogens is 320 g/mol. The van der Waals surface area contributed by atoms with Gasteiger partial charge in [-0.05, 0) is 43.2 Å². The maximum Gasteiger partial charge on any atom is 0.338 e. The number of esters is 1. The maximum atomic E-state index is 12.1. The van der Waals surface area contributed by atoms with Crippen molar-refractivity contribution >= 4 is 23.3 Å². The molecule has 0 aromatic heterocycles. The number of carbonyl (C=O) groups excluding carboxylic acids is 2. The summed E-state index contributed by atoms with van der Waals surface area (Å²) in [4.78, 5) is 23.9. The Bertz CT molecular complexity index is 759. The molecule has 0 spiro atoms. The van der Waals surface area contributed by atoms with E-state index in [0.29, 0.717) is 11.3 Å². The van der Waals surface area contributed by atoms with Crippen LogP contribution in [0.3, 0.4) is 0 Å². The molecule has 0 saturated carbocycles. The molecule has 0 bridgehead atoms. The summed E-state index contributed by atoms with van der Waals surface area (Å²) in [5.41, 5.74) is 8.30. The second-order valence-corrected chi connectivity index (χ2v) is 5.32. The third kappa shape index (κ3) is 4.97. The zero-order valence-corrected chi connectivity index (χ0v) is 14.4. The van der Waals surface area contributed by atoms with Crippen molar-refractivity contribution < 1.29 is 19.1 Å². The molecule has 6 heteroatoms. The Kier molecular flexibility index (Phi) is 6.39. The Morgan fingerprint density at radius 2 is 1.88 bits per heavy atom. The van der Waals surface area contributed by atoms with Crippen molar-refractivity contribution in [3.8, 4) is 5.75 Å². The van der Waals surface area contributed by atoms with E-state index in [1.54, 1.807) is 19.1 Å². The molecule has 132 valence electrons. The van der Waals surface area contributed by atoms with Gasteiger partial charge in [0.2, 0.25) is 0 Å². The average molecular weight is 342 g/mol. The van der Waals surface area contributed by atoms with Gasteiger partial charge in [0.1, 0.15) is 5.75 Å². The lowest BCUT2D eigenvalue weighted by molar-refractivity contribution is -0.118. The van der Waals surface area contributed by atoms with Gasteiger partial charge in [-0.15, -0.1) is 0 Å². The zero-order valence-electron chi connectivity index (χ0n) is 14.4. The van der Waals surface area contributed by atoms with E-state index in [2.05, 4.69) is 5.32 Å². The molecule has 6 nitrogen and oxygen atoms in total. The minimum Gasteiger partial charge on any atom is -0.482 e. The molecular formula is C19H22N2O4. The van der Waals surface area contributed by atoms with Gasteiger partial charge in [0.05, 0.1) is 17.9 Å². The van der Waals surface area contributed by atoms with E-state index in [0.717, 1.165) is 17.7 Å². The predicted molar refractivity (Wildman–Crippen MR) is 96.8 cm³/mol. The van der Waals surface area contributed by atoms with Gasteiger partial charge in [-0.1, -0.05) is 25.1 Å². The van der Waals surface area contributed by atoms with E-state index in [-0.39, 0.29) is 24.9 Å². The topological polar surface area (TPSA) is 90.7 Å². The number of nitrogens with one attached hydrogen (secondary N) is 1. The van der Waals surface area contributed by atoms with Crippen LogP contribution in [0.2, 0.25) is 0 Å². The largest absolute Gasteiger partial charge is 0.482 e. The normalized spacial score (nSPS) is 10.2. The third-order valence-electron chi connectivity index (χ3n) is 3.56. The number of aryl methyl sites for hydroxylation is 1. The SMILES string of the molecule is CCOC(=O)c1ccc(N)c(OCC(=O)Nc2ccccc2CC)c1. The highest BCUT2D eigenvalue weighted by molar-refractivity contribution is 5.93. The van der Waals surface area contributed by atoms with Crippen LogP contribution in [0.1, 0.15) is 29.8 Å². The molecule has 2 aromatic carbocycles. The Morgan fingerprint density at radius 3 is 2.60 bits per heavy atom. The van der Waals surface area contributed by atoms with Crippen LogP contribution in [0.15, 0.2) is 42.5 Å². The van der Waals surface area contributed by atoms with Gasteiger partial charge in [-0.2, -0.15) is 0 Å². The van der Waals surface area contributed by atoms with E-state index in [1.165, 1.54) is 6.07 Å². The third-order valence-corrected chi connectivity index (χ3v) is 3.56. The monoisotopic (exact) mass is 342 g/mol. The first-order valence-electron chi connectivity index (χ1n) is 8.12. The number of nitrogens with two attached hydrogens (primary N) is 1. The zero-order chi connectivity index (χ0) is 18.2. The number of rotatable bonds is 7. The number of hydrogen-bond donors (Lipinski definition) is 2. The smallest absolute Gasteiger partial charge is 0.338 e. The van der Waals surface area contributed by atoms with Crippen molar-refractivity contribution in [3.63, 3.8) is 0 Å². The highest BCUT2D eigenvalue weighted by Gasteiger charge is 2.12. The predicted octanol–water partition coefficient (Wildman–Crippen LogP) is 3.03. The Morgan fingerprint density at radius 1 is 1.12 bits per heavy atom. The summed E-state index contributed by atoms with van der Waals surface area (Å²) in [7, 11) is 0. The minimum atomic E-state index is -0.464. The summed E-state index contributed by atoms with van der Waals surface area (Å²) in [6, 6.07) is 12.1. The fourth-order valence-electron chi connectivity index (χ4n) is 2.28. The molecule has 0 fully saturated rings. The highest BCUT2D eigenvalue weighted by Crippen LogP contribution is 2.23. The van der Waals surface area contributed by atoms with Crippen LogP contribution in [0.4, 0.5) is 11.4 Å². The van der Waals surface area contributed by atoms with Crippen molar-refractivity contribution in [2.75, 3.05) is 24.3 Å². The van der Waals surface area contributed by atoms with Gasteiger partial charge in [-0.25, -0.2) is 4.79 Å². The van der Waals surface area contributed by atoms with Crippen LogP contribution in [-0.2, 0) is 16.0 Å². The van der Waals surface area contributed by atoms with E-state index in [4.69, 9.17) is 15.2 Å². The van der Waals surface area contributed by atoms with Gasteiger partial charge in [-0.3, -0.25) is 4.79 Å². The van der Waals surface area contributed by atoms with Crippen molar-refractivity contribution in [2.45, 2.75) is 20.3 Å². The first-order valence-corrected chi connectivity index (χ1v) is 8.12. The minimum absolute atomic E-state index is 0.214. The Labute approximate surface area is 146 Å². The molecule has 0 aliphatic rings.